The minimum absolute atomic E-state index is 0.691. The van der Waals surface area contributed by atoms with E-state index in [4.69, 9.17) is 11.5 Å². The van der Waals surface area contributed by atoms with Gasteiger partial charge in [-0.25, -0.2) is 0 Å². The van der Waals surface area contributed by atoms with E-state index in [0.29, 0.717) is 11.4 Å². The highest BCUT2D eigenvalue weighted by molar-refractivity contribution is 6.21. The Kier molecular flexibility index (Phi) is 8.80. The highest BCUT2D eigenvalue weighted by atomic mass is 14.6. The van der Waals surface area contributed by atoms with E-state index in [1.807, 2.05) is 48.5 Å². The minimum Gasteiger partial charge on any atom is -0.398 e. The molecule has 0 unspecified atom stereocenters. The second-order valence-corrected chi connectivity index (χ2v) is 11.8. The molecular formula is C46H36N2. The predicted octanol–water partition coefficient (Wildman–Crippen LogP) is 11.1. The van der Waals surface area contributed by atoms with Gasteiger partial charge in [-0.15, -0.1) is 0 Å². The molecule has 2 nitrogen and oxygen atoms in total. The van der Waals surface area contributed by atoms with Crippen molar-refractivity contribution in [2.24, 2.45) is 11.5 Å². The molecule has 0 radical (unpaired) electrons. The van der Waals surface area contributed by atoms with Gasteiger partial charge in [0.25, 0.3) is 0 Å². The van der Waals surface area contributed by atoms with Crippen LogP contribution in [0.15, 0.2) is 181 Å². The van der Waals surface area contributed by atoms with E-state index < -0.39 is 0 Å². The summed E-state index contributed by atoms with van der Waals surface area (Å²) in [6.07, 6.45) is 8.53. The summed E-state index contributed by atoms with van der Waals surface area (Å²) in [5.41, 5.74) is 23.9. The van der Waals surface area contributed by atoms with Crippen LogP contribution in [0, 0.1) is 0 Å². The van der Waals surface area contributed by atoms with Gasteiger partial charge in [0.15, 0.2) is 0 Å². The highest BCUT2D eigenvalue weighted by Crippen LogP contribution is 2.43. The Balaban J connectivity index is 1.56. The first-order chi connectivity index (χ1) is 23.7. The Hall–Kier alpha value is -6.38. The van der Waals surface area contributed by atoms with Crippen molar-refractivity contribution in [1.29, 1.82) is 0 Å². The predicted molar refractivity (Wildman–Crippen MR) is 207 cm³/mol. The van der Waals surface area contributed by atoms with Crippen molar-refractivity contribution in [2.45, 2.75) is 0 Å². The Morgan fingerprint density at radius 3 is 0.792 bits per heavy atom. The van der Waals surface area contributed by atoms with E-state index in [-0.39, 0.29) is 0 Å². The van der Waals surface area contributed by atoms with Crippen molar-refractivity contribution >= 4 is 57.0 Å². The topological polar surface area (TPSA) is 52.0 Å². The smallest absolute Gasteiger partial charge is 0.0400 e. The molecule has 7 aromatic carbocycles. The van der Waals surface area contributed by atoms with Crippen molar-refractivity contribution in [2.75, 3.05) is 0 Å². The number of fused-ring (bicyclic) bond motifs is 2. The average Bonchev–Trinajstić information content (AvgIpc) is 3.14. The van der Waals surface area contributed by atoms with Crippen LogP contribution in [0.2, 0.25) is 0 Å². The van der Waals surface area contributed by atoms with Crippen LogP contribution in [0.25, 0.3) is 57.0 Å². The Morgan fingerprint density at radius 1 is 0.292 bits per heavy atom. The Labute approximate surface area is 282 Å². The lowest BCUT2D eigenvalue weighted by Crippen LogP contribution is -2.06. The van der Waals surface area contributed by atoms with Gasteiger partial charge >= 0.3 is 0 Å². The summed E-state index contributed by atoms with van der Waals surface area (Å²) in [4.78, 5) is 0. The third kappa shape index (κ3) is 6.46. The molecular weight excluding hydrogens is 581 g/mol. The Bertz CT molecular complexity index is 2090. The molecule has 0 spiro atoms. The molecule has 2 heteroatoms. The van der Waals surface area contributed by atoms with Crippen molar-refractivity contribution in [3.8, 4) is 0 Å². The van der Waals surface area contributed by atoms with Gasteiger partial charge < -0.3 is 11.5 Å². The van der Waals surface area contributed by atoms with Gasteiger partial charge in [0.05, 0.1) is 0 Å². The summed E-state index contributed by atoms with van der Waals surface area (Å²) in [5, 5.41) is 4.40. The summed E-state index contributed by atoms with van der Waals surface area (Å²) >= 11 is 0. The number of hydrogen-bond donors (Lipinski definition) is 2. The zero-order valence-corrected chi connectivity index (χ0v) is 26.6. The van der Waals surface area contributed by atoms with Crippen LogP contribution in [-0.4, -0.2) is 0 Å². The molecule has 0 saturated carbocycles. The number of allylic oxidation sites excluding steroid dienone is 2. The van der Waals surface area contributed by atoms with Crippen molar-refractivity contribution in [1.82, 2.24) is 0 Å². The molecule has 4 N–H and O–H groups in total. The van der Waals surface area contributed by atoms with Crippen molar-refractivity contribution < 1.29 is 0 Å². The van der Waals surface area contributed by atoms with Crippen molar-refractivity contribution in [3.63, 3.8) is 0 Å². The maximum absolute atomic E-state index is 7.10. The molecule has 0 bridgehead atoms. The summed E-state index contributed by atoms with van der Waals surface area (Å²) in [6, 6.07) is 58.5. The lowest BCUT2D eigenvalue weighted by molar-refractivity contribution is 1.45. The summed E-state index contributed by atoms with van der Waals surface area (Å²) in [7, 11) is 0. The molecule has 0 aliphatic heterocycles. The zero-order chi connectivity index (χ0) is 32.7. The molecule has 0 aromatic heterocycles. The first-order valence-corrected chi connectivity index (χ1v) is 16.2. The first kappa shape index (κ1) is 30.3. The normalized spacial score (nSPS) is 12.8. The molecule has 230 valence electrons. The fourth-order valence-electron chi connectivity index (χ4n) is 6.35. The van der Waals surface area contributed by atoms with Crippen LogP contribution in [0.1, 0.15) is 33.4 Å². The van der Waals surface area contributed by atoms with E-state index in [2.05, 4.69) is 146 Å². The van der Waals surface area contributed by atoms with E-state index in [9.17, 15) is 0 Å². The van der Waals surface area contributed by atoms with E-state index >= 15 is 0 Å². The summed E-state index contributed by atoms with van der Waals surface area (Å²) < 4.78 is 0. The standard InChI is InChI=1S/C46H36N2/c47-43(31-35-21-9-3-10-22-35)41(29-33-17-5-1-6-18-33)45-37-25-13-15-27-39(37)46(40-28-16-14-26-38(40)45)42(30-34-19-7-2-8-20-34)44(48)32-36-23-11-4-12-24-36/h1-32H,47-48H2. The second kappa shape index (κ2) is 13.9. The number of nitrogens with two attached hydrogens (primary N) is 2. The van der Waals surface area contributed by atoms with E-state index in [0.717, 1.165) is 66.1 Å². The number of hydrogen-bond acceptors (Lipinski definition) is 2. The SMILES string of the molecule is NC(=Cc1ccccc1)C(=Cc1ccccc1)c1c2ccccc2c(C(=Cc2ccccc2)C(N)=Cc2ccccc2)c2ccccc12. The van der Waals surface area contributed by atoms with Gasteiger partial charge in [-0.3, -0.25) is 0 Å². The third-order valence-corrected chi connectivity index (χ3v) is 8.56. The van der Waals surface area contributed by atoms with Gasteiger partial charge in [-0.1, -0.05) is 170 Å². The fraction of sp³-hybridized carbons (Fsp3) is 0. The van der Waals surface area contributed by atoms with Gasteiger partial charge in [-0.05, 0) is 79.2 Å². The van der Waals surface area contributed by atoms with E-state index in [1.165, 1.54) is 0 Å². The molecule has 0 aliphatic rings. The van der Waals surface area contributed by atoms with Crippen LogP contribution in [0.3, 0.4) is 0 Å². The lowest BCUT2D eigenvalue weighted by atomic mass is 9.83. The zero-order valence-electron chi connectivity index (χ0n) is 26.6. The number of benzene rings is 7. The maximum Gasteiger partial charge on any atom is 0.0400 e. The molecule has 7 aromatic rings. The largest absolute Gasteiger partial charge is 0.398 e. The number of rotatable bonds is 8. The van der Waals surface area contributed by atoms with Gasteiger partial charge in [0.2, 0.25) is 0 Å². The van der Waals surface area contributed by atoms with Gasteiger partial charge in [0.1, 0.15) is 0 Å². The molecule has 0 saturated heterocycles. The fourth-order valence-corrected chi connectivity index (χ4v) is 6.35. The molecule has 7 rings (SSSR count). The minimum atomic E-state index is 0.691. The highest BCUT2D eigenvalue weighted by Gasteiger charge is 2.21. The second-order valence-electron chi connectivity index (χ2n) is 11.8. The first-order valence-electron chi connectivity index (χ1n) is 16.2. The van der Waals surface area contributed by atoms with Gasteiger partial charge in [-0.2, -0.15) is 0 Å². The van der Waals surface area contributed by atoms with Crippen LogP contribution < -0.4 is 11.5 Å². The third-order valence-electron chi connectivity index (χ3n) is 8.56. The molecule has 0 aliphatic carbocycles. The molecule has 48 heavy (non-hydrogen) atoms. The van der Waals surface area contributed by atoms with Crippen molar-refractivity contribution in [3.05, 3.63) is 215 Å². The van der Waals surface area contributed by atoms with Crippen LogP contribution in [-0.2, 0) is 0 Å². The van der Waals surface area contributed by atoms with E-state index in [1.54, 1.807) is 0 Å². The van der Waals surface area contributed by atoms with Gasteiger partial charge in [0, 0.05) is 22.5 Å². The quantitative estimate of drug-likeness (QED) is 0.101. The Morgan fingerprint density at radius 2 is 0.521 bits per heavy atom. The summed E-state index contributed by atoms with van der Waals surface area (Å²) in [5.74, 6) is 0. The van der Waals surface area contributed by atoms with Crippen LogP contribution >= 0.6 is 0 Å². The molecule has 0 heterocycles. The maximum atomic E-state index is 7.10. The molecule has 0 atom stereocenters. The molecule has 0 amide bonds. The molecule has 0 fully saturated rings. The van der Waals surface area contributed by atoms with Crippen LogP contribution in [0.5, 0.6) is 0 Å². The average molecular weight is 617 g/mol. The summed E-state index contributed by atoms with van der Waals surface area (Å²) in [6.45, 7) is 0. The monoisotopic (exact) mass is 616 g/mol. The lowest BCUT2D eigenvalue weighted by Gasteiger charge is -2.21. The van der Waals surface area contributed by atoms with Crippen LogP contribution in [0.4, 0.5) is 0 Å².